The first-order valence-electron chi connectivity index (χ1n) is 13.5. The molecule has 0 aliphatic carbocycles. The fourth-order valence-electron chi connectivity index (χ4n) is 3.82. The number of benzene rings is 3. The number of carbonyl (C=O) groups excluding carboxylic acids is 3. The lowest BCUT2D eigenvalue weighted by molar-refractivity contribution is -0.136. The van der Waals surface area contributed by atoms with Crippen molar-refractivity contribution in [1.29, 1.82) is 0 Å². The van der Waals surface area contributed by atoms with E-state index in [-0.39, 0.29) is 12.5 Å². The maximum absolute atomic E-state index is 12.5. The summed E-state index contributed by atoms with van der Waals surface area (Å²) in [6, 6.07) is 16.0. The second-order valence-corrected chi connectivity index (χ2v) is 10.5. The zero-order valence-corrected chi connectivity index (χ0v) is 26.2. The molecule has 11 heteroatoms. The summed E-state index contributed by atoms with van der Waals surface area (Å²) in [6.07, 6.45) is 3.37. The van der Waals surface area contributed by atoms with E-state index >= 15 is 0 Å². The Labute approximate surface area is 259 Å². The Morgan fingerprint density at radius 3 is 2.24 bits per heavy atom. The van der Waals surface area contributed by atoms with Gasteiger partial charge in [-0.1, -0.05) is 19.4 Å². The van der Waals surface area contributed by atoms with E-state index in [0.717, 1.165) is 24.0 Å². The van der Waals surface area contributed by atoms with Gasteiger partial charge in [0.2, 0.25) is 0 Å². The van der Waals surface area contributed by atoms with Crippen molar-refractivity contribution < 1.29 is 28.6 Å². The predicted octanol–water partition coefficient (Wildman–Crippen LogP) is 5.59. The summed E-state index contributed by atoms with van der Waals surface area (Å²) in [7, 11) is 0. The van der Waals surface area contributed by atoms with Gasteiger partial charge in [0.25, 0.3) is 5.91 Å². The van der Waals surface area contributed by atoms with Gasteiger partial charge in [-0.05, 0) is 115 Å². The number of unbranched alkanes of at least 4 members (excludes halogenated alkanes) is 1. The van der Waals surface area contributed by atoms with Gasteiger partial charge in [0.05, 0.1) is 23.0 Å². The fourth-order valence-corrected chi connectivity index (χ4v) is 4.60. The van der Waals surface area contributed by atoms with Crippen LogP contribution in [0.2, 0.25) is 0 Å². The van der Waals surface area contributed by atoms with E-state index in [0.29, 0.717) is 51.0 Å². The van der Waals surface area contributed by atoms with E-state index in [2.05, 4.69) is 50.7 Å². The van der Waals surface area contributed by atoms with Gasteiger partial charge in [-0.3, -0.25) is 14.4 Å². The number of hydrogen-bond acceptors (Lipinski definition) is 7. The molecule has 3 amide bonds. The van der Waals surface area contributed by atoms with Crippen molar-refractivity contribution in [3.8, 4) is 17.2 Å². The molecule has 10 nitrogen and oxygen atoms in total. The Balaban J connectivity index is 1.56. The van der Waals surface area contributed by atoms with Crippen LogP contribution in [0.15, 0.2) is 59.7 Å². The van der Waals surface area contributed by atoms with Gasteiger partial charge in [0.15, 0.2) is 18.1 Å². The molecule has 0 aliphatic heterocycles. The molecule has 0 aliphatic rings. The molecule has 0 aromatic heterocycles. The number of aryl methyl sites for hydroxylation is 2. The highest BCUT2D eigenvalue weighted by molar-refractivity contribution is 14.1. The minimum atomic E-state index is -0.927. The average Bonchev–Trinajstić information content (AvgIpc) is 2.93. The molecule has 0 radical (unpaired) electrons. The quantitative estimate of drug-likeness (QED) is 0.0708. The lowest BCUT2D eigenvalue weighted by Gasteiger charge is -2.15. The first-order valence-corrected chi connectivity index (χ1v) is 14.6. The van der Waals surface area contributed by atoms with Crippen LogP contribution < -0.4 is 30.3 Å². The number of nitrogens with one attached hydrogen (secondary N) is 3. The molecule has 222 valence electrons. The van der Waals surface area contributed by atoms with Crippen LogP contribution in [0.5, 0.6) is 17.2 Å². The second-order valence-electron chi connectivity index (χ2n) is 9.36. The third-order valence-electron chi connectivity index (χ3n) is 5.65. The molecule has 3 N–H and O–H groups in total. The van der Waals surface area contributed by atoms with E-state index in [9.17, 15) is 14.4 Å². The van der Waals surface area contributed by atoms with Crippen molar-refractivity contribution in [1.82, 2.24) is 5.43 Å². The molecule has 3 rings (SSSR count). The van der Waals surface area contributed by atoms with E-state index in [1.165, 1.54) is 6.21 Å². The van der Waals surface area contributed by atoms with Crippen LogP contribution >= 0.6 is 22.6 Å². The van der Waals surface area contributed by atoms with Gasteiger partial charge >= 0.3 is 11.8 Å². The maximum atomic E-state index is 12.5. The molecule has 0 saturated carbocycles. The molecule has 0 unspecified atom stereocenters. The summed E-state index contributed by atoms with van der Waals surface area (Å²) >= 11 is 2.07. The minimum Gasteiger partial charge on any atom is -0.494 e. The molecule has 0 heterocycles. The molecule has 0 bridgehead atoms. The zero-order chi connectivity index (χ0) is 30.5. The molecule has 42 heavy (non-hydrogen) atoms. The smallest absolute Gasteiger partial charge is 0.329 e. The van der Waals surface area contributed by atoms with Crippen LogP contribution in [0.3, 0.4) is 0 Å². The van der Waals surface area contributed by atoms with Gasteiger partial charge in [0.1, 0.15) is 5.75 Å². The first-order chi connectivity index (χ1) is 20.2. The Bertz CT molecular complexity index is 1410. The van der Waals surface area contributed by atoms with Crippen LogP contribution in [0.4, 0.5) is 11.4 Å². The van der Waals surface area contributed by atoms with Crippen LogP contribution in [0.1, 0.15) is 43.4 Å². The van der Waals surface area contributed by atoms with E-state index in [1.54, 1.807) is 36.4 Å². The normalized spacial score (nSPS) is 10.7. The summed E-state index contributed by atoms with van der Waals surface area (Å²) in [6.45, 7) is 8.61. The molecule has 0 fully saturated rings. The van der Waals surface area contributed by atoms with Crippen molar-refractivity contribution >= 4 is 57.9 Å². The number of carbonyl (C=O) groups is 3. The number of nitrogens with zero attached hydrogens (tertiary/aromatic N) is 1. The maximum Gasteiger partial charge on any atom is 0.329 e. The molecule has 3 aromatic carbocycles. The molecule has 0 atom stereocenters. The predicted molar refractivity (Wildman–Crippen MR) is 172 cm³/mol. The van der Waals surface area contributed by atoms with E-state index in [1.807, 2.05) is 39.0 Å². The summed E-state index contributed by atoms with van der Waals surface area (Å²) < 4.78 is 17.8. The zero-order valence-electron chi connectivity index (χ0n) is 24.1. The summed E-state index contributed by atoms with van der Waals surface area (Å²) in [4.78, 5) is 37.0. The number of hydrogen-bond donors (Lipinski definition) is 3. The van der Waals surface area contributed by atoms with Crippen LogP contribution in [-0.4, -0.2) is 43.8 Å². The number of ether oxygens (including phenoxy) is 3. The Morgan fingerprint density at radius 1 is 0.857 bits per heavy atom. The topological polar surface area (TPSA) is 127 Å². The van der Waals surface area contributed by atoms with Crippen LogP contribution in [0.25, 0.3) is 0 Å². The minimum absolute atomic E-state index is 0.212. The fraction of sp³-hybridized carbons (Fsp3) is 0.290. The third-order valence-corrected chi connectivity index (χ3v) is 6.45. The summed E-state index contributed by atoms with van der Waals surface area (Å²) in [5.74, 6) is -0.579. The Hall–Kier alpha value is -4.13. The number of rotatable bonds is 13. The number of hydrazone groups is 1. The van der Waals surface area contributed by atoms with E-state index < -0.39 is 11.8 Å². The van der Waals surface area contributed by atoms with Crippen molar-refractivity contribution in [3.05, 3.63) is 74.9 Å². The van der Waals surface area contributed by atoms with Gasteiger partial charge < -0.3 is 24.8 Å². The molecule has 0 saturated heterocycles. The summed E-state index contributed by atoms with van der Waals surface area (Å²) in [5.41, 5.74) is 6.06. The van der Waals surface area contributed by atoms with Crippen LogP contribution in [-0.2, 0) is 14.4 Å². The number of halogens is 1. The van der Waals surface area contributed by atoms with Gasteiger partial charge in [0, 0.05) is 11.4 Å². The molecular weight excluding hydrogens is 651 g/mol. The highest BCUT2D eigenvalue weighted by atomic mass is 127. The number of amides is 3. The molecule has 3 aromatic rings. The third kappa shape index (κ3) is 10.4. The SMILES string of the molecule is CCCCOc1ccc(NC(=O)C(=O)N/N=C\c2cc(I)c(OCC(=O)Nc3cc(C)cc(C)c3)c(OCC)c2)cc1. The standard InChI is InChI=1S/C31H35IN4O6/c1-5-7-12-41-25-10-8-23(9-11-25)35-30(38)31(39)36-33-18-22-16-26(32)29(27(17-22)40-6-2)42-19-28(37)34-24-14-20(3)13-21(4)15-24/h8-11,13-18H,5-7,12,19H2,1-4H3,(H,34,37)(H,35,38)(H,36,39)/b33-18-. The van der Waals surface area contributed by atoms with Gasteiger partial charge in [-0.15, -0.1) is 0 Å². The summed E-state index contributed by atoms with van der Waals surface area (Å²) in [5, 5.41) is 9.26. The Kier molecular flexibility index (Phi) is 12.6. The van der Waals surface area contributed by atoms with E-state index in [4.69, 9.17) is 14.2 Å². The van der Waals surface area contributed by atoms with Gasteiger partial charge in [-0.2, -0.15) is 5.10 Å². The van der Waals surface area contributed by atoms with Crippen molar-refractivity contribution in [2.45, 2.75) is 40.5 Å². The van der Waals surface area contributed by atoms with Crippen LogP contribution in [0, 0.1) is 17.4 Å². The highest BCUT2D eigenvalue weighted by Gasteiger charge is 2.15. The monoisotopic (exact) mass is 686 g/mol. The second kappa shape index (κ2) is 16.3. The highest BCUT2D eigenvalue weighted by Crippen LogP contribution is 2.34. The van der Waals surface area contributed by atoms with Crippen molar-refractivity contribution in [3.63, 3.8) is 0 Å². The Morgan fingerprint density at radius 2 is 1.57 bits per heavy atom. The lowest BCUT2D eigenvalue weighted by atomic mass is 10.1. The van der Waals surface area contributed by atoms with Gasteiger partial charge in [-0.25, -0.2) is 5.43 Å². The van der Waals surface area contributed by atoms with Crippen molar-refractivity contribution in [2.24, 2.45) is 5.10 Å². The average molecular weight is 687 g/mol. The van der Waals surface area contributed by atoms with Crippen molar-refractivity contribution in [2.75, 3.05) is 30.5 Å². The largest absolute Gasteiger partial charge is 0.494 e. The first kappa shape index (κ1) is 32.4. The molecule has 0 spiro atoms. The lowest BCUT2D eigenvalue weighted by Crippen LogP contribution is -2.32. The number of anilines is 2. The molecular formula is C31H35IN4O6.